The summed E-state index contributed by atoms with van der Waals surface area (Å²) >= 11 is 0. The van der Waals surface area contributed by atoms with Gasteiger partial charge in [-0.15, -0.1) is 0 Å². The first-order chi connectivity index (χ1) is 6.27. The number of benzene rings is 1. The summed E-state index contributed by atoms with van der Waals surface area (Å²) in [5, 5.41) is 0. The SMILES string of the molecule is Cc1ccc(N2BCCO2)c(C)c1. The Morgan fingerprint density at radius 3 is 2.85 bits per heavy atom. The predicted octanol–water partition coefficient (Wildman–Crippen LogP) is 1.82. The van der Waals surface area contributed by atoms with Gasteiger partial charge in [0.2, 0.25) is 0 Å². The van der Waals surface area contributed by atoms with Crippen molar-refractivity contribution in [2.75, 3.05) is 11.6 Å². The Morgan fingerprint density at radius 2 is 2.23 bits per heavy atom. The highest BCUT2D eigenvalue weighted by Gasteiger charge is 2.16. The van der Waals surface area contributed by atoms with Gasteiger partial charge in [0.1, 0.15) is 0 Å². The van der Waals surface area contributed by atoms with Crippen LogP contribution in [-0.4, -0.2) is 14.0 Å². The molecule has 0 N–H and O–H groups in total. The molecule has 0 unspecified atom stereocenters. The molecule has 0 saturated carbocycles. The van der Waals surface area contributed by atoms with E-state index in [4.69, 9.17) is 4.84 Å². The average molecular weight is 175 g/mol. The molecule has 68 valence electrons. The Kier molecular flexibility index (Phi) is 2.27. The average Bonchev–Trinajstić information content (AvgIpc) is 2.56. The fourth-order valence-corrected chi connectivity index (χ4v) is 1.72. The van der Waals surface area contributed by atoms with E-state index in [1.54, 1.807) is 0 Å². The monoisotopic (exact) mass is 175 g/mol. The molecule has 0 radical (unpaired) electrons. The van der Waals surface area contributed by atoms with Gasteiger partial charge in [0, 0.05) is 0 Å². The molecule has 1 saturated heterocycles. The number of rotatable bonds is 1. The van der Waals surface area contributed by atoms with Crippen LogP contribution in [0.1, 0.15) is 11.1 Å². The summed E-state index contributed by atoms with van der Waals surface area (Å²) in [4.78, 5) is 7.49. The number of anilines is 1. The minimum atomic E-state index is 0.854. The summed E-state index contributed by atoms with van der Waals surface area (Å²) < 4.78 is 0. The first-order valence-electron chi connectivity index (χ1n) is 4.75. The van der Waals surface area contributed by atoms with E-state index in [1.165, 1.54) is 16.8 Å². The third-order valence-electron chi connectivity index (χ3n) is 2.37. The molecule has 0 bridgehead atoms. The second-order valence-electron chi connectivity index (χ2n) is 3.58. The Labute approximate surface area is 79.7 Å². The first-order valence-corrected chi connectivity index (χ1v) is 4.75. The maximum atomic E-state index is 5.49. The van der Waals surface area contributed by atoms with Crippen LogP contribution >= 0.6 is 0 Å². The van der Waals surface area contributed by atoms with E-state index in [1.807, 2.05) is 4.97 Å². The Bertz CT molecular complexity index is 308. The van der Waals surface area contributed by atoms with Gasteiger partial charge in [-0.2, -0.15) is 0 Å². The summed E-state index contributed by atoms with van der Waals surface area (Å²) in [5.74, 6) is 0. The molecule has 1 aromatic carbocycles. The van der Waals surface area contributed by atoms with Gasteiger partial charge in [-0.3, -0.25) is 4.84 Å². The molecule has 13 heavy (non-hydrogen) atoms. The molecule has 0 atom stereocenters. The Hall–Kier alpha value is -0.955. The van der Waals surface area contributed by atoms with Crippen molar-refractivity contribution in [3.63, 3.8) is 0 Å². The van der Waals surface area contributed by atoms with Crippen LogP contribution in [0.25, 0.3) is 0 Å². The summed E-state index contributed by atoms with van der Waals surface area (Å²) in [5.41, 5.74) is 3.81. The third-order valence-corrected chi connectivity index (χ3v) is 2.37. The highest BCUT2D eigenvalue weighted by atomic mass is 16.7. The zero-order valence-electron chi connectivity index (χ0n) is 8.21. The van der Waals surface area contributed by atoms with Gasteiger partial charge in [-0.05, 0) is 31.8 Å². The van der Waals surface area contributed by atoms with Crippen molar-refractivity contribution in [1.82, 2.24) is 0 Å². The van der Waals surface area contributed by atoms with Gasteiger partial charge in [0.05, 0.1) is 12.3 Å². The summed E-state index contributed by atoms with van der Waals surface area (Å²) in [6.45, 7) is 5.10. The van der Waals surface area contributed by atoms with E-state index >= 15 is 0 Å². The second kappa shape index (κ2) is 3.42. The third kappa shape index (κ3) is 1.70. The lowest BCUT2D eigenvalue weighted by Crippen LogP contribution is -2.19. The number of hydrogen-bond acceptors (Lipinski definition) is 2. The van der Waals surface area contributed by atoms with E-state index in [2.05, 4.69) is 32.0 Å². The van der Waals surface area contributed by atoms with Gasteiger partial charge in [0.15, 0.2) is 0 Å². The van der Waals surface area contributed by atoms with Crippen LogP contribution in [0.2, 0.25) is 6.32 Å². The van der Waals surface area contributed by atoms with Crippen LogP contribution in [-0.2, 0) is 4.84 Å². The topological polar surface area (TPSA) is 12.5 Å². The van der Waals surface area contributed by atoms with Crippen molar-refractivity contribution < 1.29 is 4.84 Å². The van der Waals surface area contributed by atoms with Crippen LogP contribution < -0.4 is 4.97 Å². The van der Waals surface area contributed by atoms with Crippen molar-refractivity contribution in [2.45, 2.75) is 20.2 Å². The molecular formula is C10H14BNO. The normalized spacial score (nSPS) is 16.0. The van der Waals surface area contributed by atoms with Gasteiger partial charge < -0.3 is 4.97 Å². The molecule has 1 aliphatic heterocycles. The maximum Gasteiger partial charge on any atom is 0.275 e. The molecule has 0 amide bonds. The lowest BCUT2D eigenvalue weighted by Gasteiger charge is -2.19. The molecule has 2 nitrogen and oxygen atoms in total. The largest absolute Gasteiger partial charge is 0.305 e. The molecule has 0 aromatic heterocycles. The quantitative estimate of drug-likeness (QED) is 0.603. The molecule has 1 fully saturated rings. The second-order valence-corrected chi connectivity index (χ2v) is 3.58. The zero-order chi connectivity index (χ0) is 9.26. The fourth-order valence-electron chi connectivity index (χ4n) is 1.72. The van der Waals surface area contributed by atoms with Crippen molar-refractivity contribution in [3.8, 4) is 0 Å². The van der Waals surface area contributed by atoms with E-state index in [0.29, 0.717) is 0 Å². The van der Waals surface area contributed by atoms with Crippen LogP contribution in [0.4, 0.5) is 5.69 Å². The first kappa shape index (κ1) is 8.63. The van der Waals surface area contributed by atoms with Crippen molar-refractivity contribution in [1.29, 1.82) is 0 Å². The number of nitrogens with zero attached hydrogens (tertiary/aromatic N) is 1. The number of aryl methyl sites for hydroxylation is 2. The van der Waals surface area contributed by atoms with Gasteiger partial charge in [-0.25, -0.2) is 0 Å². The van der Waals surface area contributed by atoms with E-state index in [9.17, 15) is 0 Å². The molecule has 2 rings (SSSR count). The lowest BCUT2D eigenvalue weighted by molar-refractivity contribution is 0.185. The molecule has 1 aromatic rings. The van der Waals surface area contributed by atoms with Crippen molar-refractivity contribution in [3.05, 3.63) is 29.3 Å². The predicted molar refractivity (Wildman–Crippen MR) is 56.3 cm³/mol. The van der Waals surface area contributed by atoms with Crippen LogP contribution in [0.5, 0.6) is 0 Å². The maximum absolute atomic E-state index is 5.49. The van der Waals surface area contributed by atoms with E-state index < -0.39 is 0 Å². The number of hydrogen-bond donors (Lipinski definition) is 0. The molecule has 1 aliphatic rings. The van der Waals surface area contributed by atoms with E-state index in [0.717, 1.165) is 20.3 Å². The Balaban J connectivity index is 2.29. The molecule has 0 aliphatic carbocycles. The molecular weight excluding hydrogens is 161 g/mol. The van der Waals surface area contributed by atoms with Crippen molar-refractivity contribution in [2.24, 2.45) is 0 Å². The molecule has 0 spiro atoms. The van der Waals surface area contributed by atoms with Crippen LogP contribution in [0, 0.1) is 13.8 Å². The highest BCUT2D eigenvalue weighted by Crippen LogP contribution is 2.23. The van der Waals surface area contributed by atoms with E-state index in [-0.39, 0.29) is 0 Å². The summed E-state index contributed by atoms with van der Waals surface area (Å²) in [6.07, 6.45) is 1.13. The lowest BCUT2D eigenvalue weighted by atomic mass is 9.89. The Morgan fingerprint density at radius 1 is 1.38 bits per heavy atom. The standard InChI is InChI=1S/C10H14BNO/c1-8-3-4-10(9(2)7-8)12-11-5-6-13-12/h3-4,7,11H,5-6H2,1-2H3. The summed E-state index contributed by atoms with van der Waals surface area (Å²) in [6, 6.07) is 6.46. The van der Waals surface area contributed by atoms with Crippen LogP contribution in [0.3, 0.4) is 0 Å². The van der Waals surface area contributed by atoms with Gasteiger partial charge in [-0.1, -0.05) is 17.7 Å². The molecule has 1 heterocycles. The minimum absolute atomic E-state index is 0.854. The molecule has 3 heteroatoms. The minimum Gasteiger partial charge on any atom is -0.305 e. The van der Waals surface area contributed by atoms with Gasteiger partial charge in [0.25, 0.3) is 7.41 Å². The fraction of sp³-hybridized carbons (Fsp3) is 0.400. The van der Waals surface area contributed by atoms with Crippen molar-refractivity contribution >= 4 is 13.1 Å². The smallest absolute Gasteiger partial charge is 0.275 e. The van der Waals surface area contributed by atoms with Crippen LogP contribution in [0.15, 0.2) is 18.2 Å². The van der Waals surface area contributed by atoms with Gasteiger partial charge >= 0.3 is 0 Å². The summed E-state index contributed by atoms with van der Waals surface area (Å²) in [7, 11) is 1.02. The zero-order valence-corrected chi connectivity index (χ0v) is 8.21. The highest BCUT2D eigenvalue weighted by molar-refractivity contribution is 6.41.